The first-order valence-electron chi connectivity index (χ1n) is 10.5. The highest BCUT2D eigenvalue weighted by Gasteiger charge is 2.33. The van der Waals surface area contributed by atoms with Crippen LogP contribution in [0.2, 0.25) is 0 Å². The molecular formula is C22H22N4O3S4. The zero-order valence-electron chi connectivity index (χ0n) is 18.1. The van der Waals surface area contributed by atoms with Crippen LogP contribution in [0.4, 0.5) is 5.13 Å². The Bertz CT molecular complexity index is 1450. The number of carbonyl (C=O) groups excluding carboxylic acids is 1. The first kappa shape index (κ1) is 22.7. The van der Waals surface area contributed by atoms with Gasteiger partial charge in [-0.25, -0.2) is 18.4 Å². The molecule has 0 unspecified atom stereocenters. The molecule has 1 aliphatic heterocycles. The van der Waals surface area contributed by atoms with E-state index in [1.807, 2.05) is 37.4 Å². The fourth-order valence-electron chi connectivity index (χ4n) is 4.08. The highest BCUT2D eigenvalue weighted by Crippen LogP contribution is 2.35. The zero-order chi connectivity index (χ0) is 23.2. The normalized spacial score (nSPS) is 15.9. The van der Waals surface area contributed by atoms with Crippen molar-refractivity contribution >= 4 is 75.9 Å². The summed E-state index contributed by atoms with van der Waals surface area (Å²) in [6.45, 7) is 2.62. The van der Waals surface area contributed by atoms with E-state index >= 15 is 0 Å². The molecule has 1 fully saturated rings. The second kappa shape index (κ2) is 8.95. The summed E-state index contributed by atoms with van der Waals surface area (Å²) in [5, 5.41) is 4.50. The fraction of sp³-hybridized carbons (Fsp3) is 0.318. The van der Waals surface area contributed by atoms with Crippen molar-refractivity contribution in [3.63, 3.8) is 0 Å². The summed E-state index contributed by atoms with van der Waals surface area (Å²) < 4.78 is 29.9. The number of anilines is 1. The molecular weight excluding hydrogens is 497 g/mol. The van der Waals surface area contributed by atoms with E-state index in [4.69, 9.17) is 0 Å². The van der Waals surface area contributed by atoms with Crippen molar-refractivity contribution in [1.29, 1.82) is 0 Å². The van der Waals surface area contributed by atoms with E-state index in [0.29, 0.717) is 36.0 Å². The number of carbonyl (C=O) groups is 1. The third-order valence-electron chi connectivity index (χ3n) is 5.76. The number of sulfonamides is 1. The maximum atomic E-state index is 13.1. The van der Waals surface area contributed by atoms with Gasteiger partial charge in [-0.05, 0) is 50.3 Å². The SMILES string of the molecule is CSc1ccccc1S(=O)(=O)N1CCC(C(=O)Nc2nc3ccc4sc(C)nc4c3s2)CC1. The Morgan fingerprint density at radius 3 is 2.64 bits per heavy atom. The largest absolute Gasteiger partial charge is 0.302 e. The highest BCUT2D eigenvalue weighted by atomic mass is 32.2. The second-order valence-corrected chi connectivity index (χ2v) is 12.8. The predicted octanol–water partition coefficient (Wildman–Crippen LogP) is 4.98. The Hall–Kier alpha value is -2.05. The lowest BCUT2D eigenvalue weighted by Gasteiger charge is -2.30. The summed E-state index contributed by atoms with van der Waals surface area (Å²) in [7, 11) is -3.58. The molecule has 0 spiro atoms. The molecule has 0 atom stereocenters. The number of thioether (sulfide) groups is 1. The van der Waals surface area contributed by atoms with Gasteiger partial charge in [-0.3, -0.25) is 4.79 Å². The molecule has 4 aromatic rings. The summed E-state index contributed by atoms with van der Waals surface area (Å²) in [6.07, 6.45) is 2.83. The van der Waals surface area contributed by atoms with Crippen LogP contribution in [0.15, 0.2) is 46.2 Å². The third-order valence-corrected chi connectivity index (χ3v) is 10.6. The summed E-state index contributed by atoms with van der Waals surface area (Å²) in [4.78, 5) is 23.1. The van der Waals surface area contributed by atoms with Gasteiger partial charge in [0.05, 0.1) is 24.8 Å². The molecule has 3 heterocycles. The summed E-state index contributed by atoms with van der Waals surface area (Å²) in [5.74, 6) is -0.359. The minimum atomic E-state index is -3.58. The Balaban J connectivity index is 1.28. The Kier molecular flexibility index (Phi) is 6.17. The van der Waals surface area contributed by atoms with Crippen molar-refractivity contribution < 1.29 is 13.2 Å². The molecule has 1 saturated heterocycles. The number of fused-ring (bicyclic) bond motifs is 3. The molecule has 0 saturated carbocycles. The van der Waals surface area contributed by atoms with Crippen LogP contribution in [-0.4, -0.2) is 47.9 Å². The van der Waals surface area contributed by atoms with Crippen LogP contribution in [0.3, 0.4) is 0 Å². The monoisotopic (exact) mass is 518 g/mol. The zero-order valence-corrected chi connectivity index (χ0v) is 21.3. The molecule has 5 rings (SSSR count). The average Bonchev–Trinajstić information content (AvgIpc) is 3.41. The van der Waals surface area contributed by atoms with Crippen LogP contribution in [0.1, 0.15) is 17.8 Å². The molecule has 2 aromatic carbocycles. The Morgan fingerprint density at radius 1 is 1.12 bits per heavy atom. The van der Waals surface area contributed by atoms with Crippen molar-refractivity contribution in [2.75, 3.05) is 24.7 Å². The van der Waals surface area contributed by atoms with Gasteiger partial charge in [0.25, 0.3) is 0 Å². The van der Waals surface area contributed by atoms with Crippen molar-refractivity contribution in [3.05, 3.63) is 41.4 Å². The number of benzene rings is 2. The Labute approximate surface area is 204 Å². The van der Waals surface area contributed by atoms with E-state index in [-0.39, 0.29) is 11.8 Å². The third kappa shape index (κ3) is 4.28. The van der Waals surface area contributed by atoms with Crippen molar-refractivity contribution in [2.24, 2.45) is 5.92 Å². The smallest absolute Gasteiger partial charge is 0.244 e. The molecule has 1 amide bonds. The van der Waals surface area contributed by atoms with Crippen LogP contribution in [0.5, 0.6) is 0 Å². The van der Waals surface area contributed by atoms with E-state index in [0.717, 1.165) is 30.3 Å². The van der Waals surface area contributed by atoms with Crippen molar-refractivity contribution in [2.45, 2.75) is 29.6 Å². The van der Waals surface area contributed by atoms with E-state index < -0.39 is 10.0 Å². The highest BCUT2D eigenvalue weighted by molar-refractivity contribution is 7.99. The summed E-state index contributed by atoms with van der Waals surface area (Å²) in [6, 6.07) is 11.0. The molecule has 0 aliphatic carbocycles. The predicted molar refractivity (Wildman–Crippen MR) is 136 cm³/mol. The number of hydrogen-bond acceptors (Lipinski definition) is 8. The molecule has 7 nitrogen and oxygen atoms in total. The van der Waals surface area contributed by atoms with Crippen molar-refractivity contribution in [3.8, 4) is 0 Å². The molecule has 1 aliphatic rings. The van der Waals surface area contributed by atoms with Gasteiger partial charge in [-0.2, -0.15) is 4.31 Å². The molecule has 1 N–H and O–H groups in total. The molecule has 172 valence electrons. The van der Waals surface area contributed by atoms with E-state index in [1.54, 1.807) is 23.5 Å². The van der Waals surface area contributed by atoms with Gasteiger partial charge in [0, 0.05) is 23.9 Å². The lowest BCUT2D eigenvalue weighted by Crippen LogP contribution is -2.41. The number of aromatic nitrogens is 2. The number of rotatable bonds is 5. The van der Waals surface area contributed by atoms with Gasteiger partial charge in [0.2, 0.25) is 15.9 Å². The first-order valence-corrected chi connectivity index (χ1v) is 14.8. The lowest BCUT2D eigenvalue weighted by molar-refractivity contribution is -0.120. The number of amides is 1. The minimum absolute atomic E-state index is 0.110. The number of aryl methyl sites for hydroxylation is 1. The van der Waals surface area contributed by atoms with Crippen LogP contribution >= 0.6 is 34.4 Å². The number of hydrogen-bond donors (Lipinski definition) is 1. The van der Waals surface area contributed by atoms with Crippen LogP contribution in [0, 0.1) is 12.8 Å². The Morgan fingerprint density at radius 2 is 1.88 bits per heavy atom. The fourth-order valence-corrected chi connectivity index (χ4v) is 8.53. The van der Waals surface area contributed by atoms with Crippen LogP contribution < -0.4 is 5.32 Å². The molecule has 33 heavy (non-hydrogen) atoms. The summed E-state index contributed by atoms with van der Waals surface area (Å²) in [5.41, 5.74) is 1.75. The van der Waals surface area contributed by atoms with Gasteiger partial charge < -0.3 is 5.32 Å². The maximum Gasteiger partial charge on any atom is 0.244 e. The van der Waals surface area contributed by atoms with E-state index in [1.165, 1.54) is 27.4 Å². The van der Waals surface area contributed by atoms with Gasteiger partial charge in [-0.15, -0.1) is 23.1 Å². The maximum absolute atomic E-state index is 13.1. The number of thiazole rings is 2. The number of piperidine rings is 1. The second-order valence-electron chi connectivity index (χ2n) is 7.83. The number of nitrogens with one attached hydrogen (secondary N) is 1. The van der Waals surface area contributed by atoms with Crippen LogP contribution in [-0.2, 0) is 14.8 Å². The van der Waals surface area contributed by atoms with Crippen molar-refractivity contribution in [1.82, 2.24) is 14.3 Å². The average molecular weight is 519 g/mol. The van der Waals surface area contributed by atoms with Crippen LogP contribution in [0.25, 0.3) is 20.4 Å². The molecule has 0 bridgehead atoms. The lowest BCUT2D eigenvalue weighted by atomic mass is 9.97. The first-order chi connectivity index (χ1) is 15.9. The summed E-state index contributed by atoms with van der Waals surface area (Å²) >= 11 is 4.49. The number of nitrogens with zero attached hydrogens (tertiary/aromatic N) is 3. The standard InChI is InChI=1S/C22H22N4O3S4/c1-13-23-19-17(31-13)8-7-15-20(19)32-22(24-15)25-21(27)14-9-11-26(12-10-14)33(28,29)18-6-4-3-5-16(18)30-2/h3-8,14H,9-12H2,1-2H3,(H,24,25,27). The molecule has 0 radical (unpaired) electrons. The minimum Gasteiger partial charge on any atom is -0.302 e. The quantitative estimate of drug-likeness (QED) is 0.375. The van der Waals surface area contributed by atoms with E-state index in [9.17, 15) is 13.2 Å². The van der Waals surface area contributed by atoms with Gasteiger partial charge in [0.15, 0.2) is 5.13 Å². The van der Waals surface area contributed by atoms with Gasteiger partial charge in [0.1, 0.15) is 5.52 Å². The molecule has 11 heteroatoms. The van der Waals surface area contributed by atoms with Gasteiger partial charge >= 0.3 is 0 Å². The van der Waals surface area contributed by atoms with E-state index in [2.05, 4.69) is 15.3 Å². The molecule has 2 aromatic heterocycles. The van der Waals surface area contributed by atoms with Gasteiger partial charge in [-0.1, -0.05) is 23.5 Å². The topological polar surface area (TPSA) is 92.3 Å².